The first kappa shape index (κ1) is 15.0. The Kier molecular flexibility index (Phi) is 3.49. The summed E-state index contributed by atoms with van der Waals surface area (Å²) in [6.45, 7) is 6.92. The summed E-state index contributed by atoms with van der Waals surface area (Å²) in [5.74, 6) is -0.925. The van der Waals surface area contributed by atoms with E-state index in [1.165, 1.54) is 0 Å². The average Bonchev–Trinajstić information content (AvgIpc) is 2.62. The van der Waals surface area contributed by atoms with Crippen molar-refractivity contribution < 1.29 is 19.1 Å². The molecule has 1 aliphatic rings. The van der Waals surface area contributed by atoms with Crippen LogP contribution in [0.25, 0.3) is 0 Å². The van der Waals surface area contributed by atoms with Crippen molar-refractivity contribution in [1.82, 2.24) is 10.6 Å². The lowest BCUT2D eigenvalue weighted by Crippen LogP contribution is -2.40. The maximum Gasteiger partial charge on any atom is 0.338 e. The maximum atomic E-state index is 12.1. The SMILES string of the molecule is CC(C)(C)OC(=O)c1cccc(C2(C)NC(=O)NC2=O)c1. The number of carbonyl (C=O) groups is 3. The first-order chi connectivity index (χ1) is 9.62. The van der Waals surface area contributed by atoms with E-state index in [1.54, 1.807) is 52.0 Å². The number of esters is 1. The van der Waals surface area contributed by atoms with Crippen molar-refractivity contribution in [3.8, 4) is 0 Å². The fourth-order valence-corrected chi connectivity index (χ4v) is 2.04. The molecule has 1 fully saturated rings. The molecule has 2 N–H and O–H groups in total. The number of hydrogen-bond acceptors (Lipinski definition) is 4. The van der Waals surface area contributed by atoms with E-state index in [1.807, 2.05) is 0 Å². The summed E-state index contributed by atoms with van der Waals surface area (Å²) in [6, 6.07) is 5.94. The Morgan fingerprint density at radius 2 is 1.90 bits per heavy atom. The Morgan fingerprint density at radius 3 is 2.43 bits per heavy atom. The van der Waals surface area contributed by atoms with E-state index in [0.29, 0.717) is 11.1 Å². The van der Waals surface area contributed by atoms with Gasteiger partial charge in [-0.3, -0.25) is 10.1 Å². The molecule has 1 aliphatic heterocycles. The standard InChI is InChI=1S/C15H18N2O4/c1-14(2,3)21-11(18)9-6-5-7-10(8-9)15(4)12(19)16-13(20)17-15/h5-8H,1-4H3,(H2,16,17,19,20). The van der Waals surface area contributed by atoms with E-state index >= 15 is 0 Å². The third-order valence-electron chi connectivity index (χ3n) is 3.12. The summed E-state index contributed by atoms with van der Waals surface area (Å²) in [6.07, 6.45) is 0. The molecule has 6 nitrogen and oxygen atoms in total. The number of carbonyl (C=O) groups excluding carboxylic acids is 3. The van der Waals surface area contributed by atoms with Gasteiger partial charge >= 0.3 is 12.0 Å². The molecule has 1 heterocycles. The number of imide groups is 1. The lowest BCUT2D eigenvalue weighted by atomic mass is 9.91. The summed E-state index contributed by atoms with van der Waals surface area (Å²) >= 11 is 0. The van der Waals surface area contributed by atoms with E-state index in [-0.39, 0.29) is 0 Å². The zero-order chi connectivity index (χ0) is 15.8. The molecule has 21 heavy (non-hydrogen) atoms. The predicted octanol–water partition coefficient (Wildman–Crippen LogP) is 1.70. The van der Waals surface area contributed by atoms with Gasteiger partial charge in [0.2, 0.25) is 0 Å². The van der Waals surface area contributed by atoms with Crippen LogP contribution in [0.5, 0.6) is 0 Å². The van der Waals surface area contributed by atoms with Gasteiger partial charge in [-0.05, 0) is 45.4 Å². The number of ether oxygens (including phenoxy) is 1. The molecule has 1 aromatic rings. The van der Waals surface area contributed by atoms with Gasteiger partial charge in [0.05, 0.1) is 5.56 Å². The minimum Gasteiger partial charge on any atom is -0.456 e. The summed E-state index contributed by atoms with van der Waals surface area (Å²) in [4.78, 5) is 35.3. The summed E-state index contributed by atoms with van der Waals surface area (Å²) in [5.41, 5.74) is -0.933. The lowest BCUT2D eigenvalue weighted by Gasteiger charge is -2.23. The zero-order valence-corrected chi connectivity index (χ0v) is 12.4. The quantitative estimate of drug-likeness (QED) is 0.641. The molecule has 1 unspecified atom stereocenters. The van der Waals surface area contributed by atoms with Gasteiger partial charge in [-0.25, -0.2) is 9.59 Å². The molecule has 0 spiro atoms. The van der Waals surface area contributed by atoms with Crippen LogP contribution < -0.4 is 10.6 Å². The van der Waals surface area contributed by atoms with Crippen molar-refractivity contribution in [2.75, 3.05) is 0 Å². The highest BCUT2D eigenvalue weighted by molar-refractivity contribution is 6.07. The minimum atomic E-state index is -1.19. The molecule has 1 atom stereocenters. The molecular formula is C15H18N2O4. The largest absolute Gasteiger partial charge is 0.456 e. The summed E-state index contributed by atoms with van der Waals surface area (Å²) in [7, 11) is 0. The number of benzene rings is 1. The first-order valence-electron chi connectivity index (χ1n) is 6.59. The van der Waals surface area contributed by atoms with E-state index in [9.17, 15) is 14.4 Å². The number of amides is 3. The second-order valence-electron chi connectivity index (χ2n) is 6.12. The van der Waals surface area contributed by atoms with E-state index in [4.69, 9.17) is 4.74 Å². The van der Waals surface area contributed by atoms with Gasteiger partial charge in [-0.15, -0.1) is 0 Å². The van der Waals surface area contributed by atoms with Crippen molar-refractivity contribution in [2.45, 2.75) is 38.8 Å². The van der Waals surface area contributed by atoms with Crippen LogP contribution in [0.3, 0.4) is 0 Å². The second-order valence-corrected chi connectivity index (χ2v) is 6.12. The van der Waals surface area contributed by atoms with Gasteiger partial charge in [-0.2, -0.15) is 0 Å². The zero-order valence-electron chi connectivity index (χ0n) is 12.4. The van der Waals surface area contributed by atoms with Gasteiger partial charge < -0.3 is 10.1 Å². The lowest BCUT2D eigenvalue weighted by molar-refractivity contribution is -0.123. The van der Waals surface area contributed by atoms with Crippen LogP contribution >= 0.6 is 0 Å². The number of rotatable bonds is 2. The molecule has 1 aromatic carbocycles. The van der Waals surface area contributed by atoms with Crippen molar-refractivity contribution >= 4 is 17.9 Å². The van der Waals surface area contributed by atoms with Crippen molar-refractivity contribution in [1.29, 1.82) is 0 Å². The van der Waals surface area contributed by atoms with Crippen molar-refractivity contribution in [3.63, 3.8) is 0 Å². The van der Waals surface area contributed by atoms with Gasteiger partial charge in [-0.1, -0.05) is 12.1 Å². The average molecular weight is 290 g/mol. The van der Waals surface area contributed by atoms with Gasteiger partial charge in [0.25, 0.3) is 5.91 Å². The highest BCUT2D eigenvalue weighted by atomic mass is 16.6. The molecule has 0 aromatic heterocycles. The predicted molar refractivity (Wildman–Crippen MR) is 75.6 cm³/mol. The smallest absolute Gasteiger partial charge is 0.338 e. The first-order valence-corrected chi connectivity index (χ1v) is 6.59. The highest BCUT2D eigenvalue weighted by Gasteiger charge is 2.43. The van der Waals surface area contributed by atoms with Crippen molar-refractivity contribution in [3.05, 3.63) is 35.4 Å². The van der Waals surface area contributed by atoms with Crippen LogP contribution in [-0.4, -0.2) is 23.5 Å². The number of nitrogens with one attached hydrogen (secondary N) is 2. The second kappa shape index (κ2) is 4.87. The van der Waals surface area contributed by atoms with Crippen LogP contribution in [0.15, 0.2) is 24.3 Å². The monoisotopic (exact) mass is 290 g/mol. The number of urea groups is 1. The molecular weight excluding hydrogens is 272 g/mol. The summed E-state index contributed by atoms with van der Waals surface area (Å²) in [5, 5.41) is 4.75. The molecule has 2 rings (SSSR count). The van der Waals surface area contributed by atoms with Crippen LogP contribution in [0.2, 0.25) is 0 Å². The van der Waals surface area contributed by atoms with E-state index in [0.717, 1.165) is 0 Å². The van der Waals surface area contributed by atoms with Crippen molar-refractivity contribution in [2.24, 2.45) is 0 Å². The summed E-state index contributed by atoms with van der Waals surface area (Å²) < 4.78 is 5.30. The molecule has 6 heteroatoms. The van der Waals surface area contributed by atoms with Gasteiger partial charge in [0.1, 0.15) is 11.1 Å². The Balaban J connectivity index is 2.32. The molecule has 0 saturated carbocycles. The normalized spacial score (nSPS) is 21.7. The Hall–Kier alpha value is -2.37. The topological polar surface area (TPSA) is 84.5 Å². The number of hydrogen-bond donors (Lipinski definition) is 2. The molecule has 112 valence electrons. The van der Waals surface area contributed by atoms with E-state index in [2.05, 4.69) is 10.6 Å². The third-order valence-corrected chi connectivity index (χ3v) is 3.12. The molecule has 0 aliphatic carbocycles. The minimum absolute atomic E-state index is 0.331. The van der Waals surface area contributed by atoms with Crippen LogP contribution in [0.4, 0.5) is 4.79 Å². The van der Waals surface area contributed by atoms with Gasteiger partial charge in [0.15, 0.2) is 0 Å². The Morgan fingerprint density at radius 1 is 1.24 bits per heavy atom. The Labute approximate surface area is 122 Å². The highest BCUT2D eigenvalue weighted by Crippen LogP contribution is 2.25. The fourth-order valence-electron chi connectivity index (χ4n) is 2.04. The third kappa shape index (κ3) is 3.04. The van der Waals surface area contributed by atoms with E-state index < -0.39 is 29.0 Å². The molecule has 0 bridgehead atoms. The molecule has 0 radical (unpaired) electrons. The van der Waals surface area contributed by atoms with Crippen LogP contribution in [0, 0.1) is 0 Å². The van der Waals surface area contributed by atoms with Crippen LogP contribution in [-0.2, 0) is 15.1 Å². The Bertz CT molecular complexity index is 618. The maximum absolute atomic E-state index is 12.1. The van der Waals surface area contributed by atoms with Gasteiger partial charge in [0, 0.05) is 0 Å². The molecule has 1 saturated heterocycles. The fraction of sp³-hybridized carbons (Fsp3) is 0.400. The molecule has 3 amide bonds. The van der Waals surface area contributed by atoms with Crippen LogP contribution in [0.1, 0.15) is 43.6 Å².